The number of carboxylic acids is 1. The highest BCUT2D eigenvalue weighted by atomic mass is 16.5. The Morgan fingerprint density at radius 3 is 2.56 bits per heavy atom. The van der Waals surface area contributed by atoms with E-state index in [1.54, 1.807) is 12.1 Å². The summed E-state index contributed by atoms with van der Waals surface area (Å²) in [4.78, 5) is 10.8. The molecule has 2 rings (SSSR count). The topological polar surface area (TPSA) is 65.0 Å². The summed E-state index contributed by atoms with van der Waals surface area (Å²) >= 11 is 0. The number of benzene rings is 1. The van der Waals surface area contributed by atoms with Crippen LogP contribution in [0.5, 0.6) is 17.2 Å². The quantitative estimate of drug-likeness (QED) is 0.832. The molecule has 1 aromatic carbocycles. The summed E-state index contributed by atoms with van der Waals surface area (Å²) in [5.74, 6) is 0.697. The van der Waals surface area contributed by atoms with E-state index in [9.17, 15) is 4.79 Å². The van der Waals surface area contributed by atoms with Crippen LogP contribution in [0.3, 0.4) is 0 Å². The fourth-order valence-electron chi connectivity index (χ4n) is 1.70. The van der Waals surface area contributed by atoms with Crippen LogP contribution in [0.4, 0.5) is 0 Å². The van der Waals surface area contributed by atoms with E-state index >= 15 is 0 Å². The molecule has 86 valence electrons. The van der Waals surface area contributed by atoms with E-state index in [1.165, 1.54) is 14.2 Å². The molecule has 16 heavy (non-hydrogen) atoms. The molecule has 0 bridgehead atoms. The zero-order chi connectivity index (χ0) is 11.7. The molecule has 0 aromatic heterocycles. The Hall–Kier alpha value is -1.91. The Bertz CT molecular complexity index is 394. The first-order valence-electron chi connectivity index (χ1n) is 4.80. The van der Waals surface area contributed by atoms with E-state index in [2.05, 4.69) is 0 Å². The minimum absolute atomic E-state index is 0.352. The van der Waals surface area contributed by atoms with E-state index < -0.39 is 12.1 Å². The number of methoxy groups -OCH3 is 2. The van der Waals surface area contributed by atoms with Crippen LogP contribution in [0, 0.1) is 0 Å². The molecule has 0 amide bonds. The molecule has 1 aromatic rings. The molecule has 0 radical (unpaired) electrons. The van der Waals surface area contributed by atoms with E-state index in [1.807, 2.05) is 0 Å². The zero-order valence-electron chi connectivity index (χ0n) is 9.02. The number of hydrogen-bond donors (Lipinski definition) is 1. The smallest absolute Gasteiger partial charge is 0.345 e. The molecule has 5 heteroatoms. The molecule has 0 saturated heterocycles. The van der Waals surface area contributed by atoms with Crippen LogP contribution >= 0.6 is 0 Å². The second-order valence-corrected chi connectivity index (χ2v) is 3.46. The lowest BCUT2D eigenvalue weighted by Gasteiger charge is -2.09. The van der Waals surface area contributed by atoms with Crippen LogP contribution in [0.1, 0.15) is 5.56 Å². The van der Waals surface area contributed by atoms with Crippen molar-refractivity contribution in [1.29, 1.82) is 0 Å². The van der Waals surface area contributed by atoms with Crippen molar-refractivity contribution in [2.45, 2.75) is 12.5 Å². The largest absolute Gasteiger partial charge is 0.493 e. The number of carbonyl (C=O) groups is 1. The molecule has 0 aliphatic carbocycles. The van der Waals surface area contributed by atoms with Crippen molar-refractivity contribution in [3.63, 3.8) is 0 Å². The van der Waals surface area contributed by atoms with Gasteiger partial charge >= 0.3 is 5.97 Å². The summed E-state index contributed by atoms with van der Waals surface area (Å²) in [7, 11) is 3.06. The van der Waals surface area contributed by atoms with Gasteiger partial charge in [-0.2, -0.15) is 0 Å². The summed E-state index contributed by atoms with van der Waals surface area (Å²) in [5, 5.41) is 8.85. The van der Waals surface area contributed by atoms with Gasteiger partial charge in [-0.05, 0) is 6.07 Å². The Labute approximate surface area is 92.5 Å². The van der Waals surface area contributed by atoms with Gasteiger partial charge in [-0.15, -0.1) is 0 Å². The lowest BCUT2D eigenvalue weighted by molar-refractivity contribution is -0.144. The minimum atomic E-state index is -0.964. The second kappa shape index (κ2) is 3.92. The van der Waals surface area contributed by atoms with Crippen LogP contribution < -0.4 is 14.2 Å². The van der Waals surface area contributed by atoms with Gasteiger partial charge in [0.05, 0.1) is 14.2 Å². The van der Waals surface area contributed by atoms with Gasteiger partial charge in [0.15, 0.2) is 17.6 Å². The second-order valence-electron chi connectivity index (χ2n) is 3.46. The fourth-order valence-corrected chi connectivity index (χ4v) is 1.70. The lowest BCUT2D eigenvalue weighted by atomic mass is 10.1. The van der Waals surface area contributed by atoms with Crippen molar-refractivity contribution in [2.24, 2.45) is 0 Å². The third-order valence-corrected chi connectivity index (χ3v) is 2.52. The Kier molecular flexibility index (Phi) is 2.60. The summed E-state index contributed by atoms with van der Waals surface area (Å²) in [6.45, 7) is 0. The first kappa shape index (κ1) is 10.6. The molecular weight excluding hydrogens is 212 g/mol. The molecule has 1 unspecified atom stereocenters. The van der Waals surface area contributed by atoms with Crippen molar-refractivity contribution < 1.29 is 24.1 Å². The first-order valence-corrected chi connectivity index (χ1v) is 4.80. The molecule has 1 atom stereocenters. The molecule has 5 nitrogen and oxygen atoms in total. The number of aliphatic carboxylic acids is 1. The van der Waals surface area contributed by atoms with Crippen molar-refractivity contribution >= 4 is 5.97 Å². The highest BCUT2D eigenvalue weighted by Gasteiger charge is 2.30. The maximum Gasteiger partial charge on any atom is 0.345 e. The fraction of sp³-hybridized carbons (Fsp3) is 0.364. The van der Waals surface area contributed by atoms with Gasteiger partial charge in [-0.3, -0.25) is 0 Å². The SMILES string of the molecule is COc1cc2c(cc1OC)OC(C(=O)O)C2. The molecule has 0 spiro atoms. The third kappa shape index (κ3) is 1.64. The van der Waals surface area contributed by atoms with Gasteiger partial charge in [0.1, 0.15) is 5.75 Å². The van der Waals surface area contributed by atoms with Gasteiger partial charge < -0.3 is 19.3 Å². The number of ether oxygens (including phenoxy) is 3. The maximum atomic E-state index is 10.8. The van der Waals surface area contributed by atoms with E-state index in [0.29, 0.717) is 23.7 Å². The molecule has 0 saturated carbocycles. The van der Waals surface area contributed by atoms with E-state index in [4.69, 9.17) is 19.3 Å². The Morgan fingerprint density at radius 1 is 1.38 bits per heavy atom. The number of carboxylic acid groups (broad SMARTS) is 1. The van der Waals surface area contributed by atoms with Crippen LogP contribution in [-0.4, -0.2) is 31.4 Å². The third-order valence-electron chi connectivity index (χ3n) is 2.52. The zero-order valence-corrected chi connectivity index (χ0v) is 9.02. The maximum absolute atomic E-state index is 10.8. The first-order chi connectivity index (χ1) is 7.65. The number of fused-ring (bicyclic) bond motifs is 1. The Morgan fingerprint density at radius 2 is 2.00 bits per heavy atom. The lowest BCUT2D eigenvalue weighted by Crippen LogP contribution is -2.24. The van der Waals surface area contributed by atoms with E-state index in [0.717, 1.165) is 5.56 Å². The van der Waals surface area contributed by atoms with Crippen molar-refractivity contribution in [3.8, 4) is 17.2 Å². The molecule has 1 aliphatic rings. The van der Waals surface area contributed by atoms with Gasteiger partial charge in [0.25, 0.3) is 0 Å². The number of rotatable bonds is 3. The number of hydrogen-bond acceptors (Lipinski definition) is 4. The van der Waals surface area contributed by atoms with Gasteiger partial charge in [0.2, 0.25) is 0 Å². The summed E-state index contributed by atoms with van der Waals surface area (Å²) in [5.41, 5.74) is 0.824. The summed E-state index contributed by atoms with van der Waals surface area (Å²) in [6.07, 6.45) is -0.461. The molecule has 1 aliphatic heterocycles. The molecule has 1 N–H and O–H groups in total. The monoisotopic (exact) mass is 224 g/mol. The highest BCUT2D eigenvalue weighted by molar-refractivity contribution is 5.75. The average molecular weight is 224 g/mol. The highest BCUT2D eigenvalue weighted by Crippen LogP contribution is 2.38. The summed E-state index contributed by atoms with van der Waals surface area (Å²) in [6, 6.07) is 3.40. The van der Waals surface area contributed by atoms with Crippen molar-refractivity contribution in [3.05, 3.63) is 17.7 Å². The predicted molar refractivity (Wildman–Crippen MR) is 55.3 cm³/mol. The minimum Gasteiger partial charge on any atom is -0.493 e. The van der Waals surface area contributed by atoms with Crippen LogP contribution in [0.15, 0.2) is 12.1 Å². The average Bonchev–Trinajstić information content (AvgIpc) is 2.69. The normalized spacial score (nSPS) is 17.5. The van der Waals surface area contributed by atoms with Crippen LogP contribution in [-0.2, 0) is 11.2 Å². The van der Waals surface area contributed by atoms with Crippen molar-refractivity contribution in [2.75, 3.05) is 14.2 Å². The molecule has 0 fully saturated rings. The standard InChI is InChI=1S/C11H12O5/c1-14-8-3-6-4-10(11(12)13)16-7(6)5-9(8)15-2/h3,5,10H,4H2,1-2H3,(H,12,13). The molecular formula is C11H12O5. The van der Waals surface area contributed by atoms with Crippen LogP contribution in [0.25, 0.3) is 0 Å². The predicted octanol–water partition coefficient (Wildman–Crippen LogP) is 1.09. The van der Waals surface area contributed by atoms with Gasteiger partial charge in [-0.25, -0.2) is 4.79 Å². The Balaban J connectivity index is 2.36. The molecule has 1 heterocycles. The van der Waals surface area contributed by atoms with Gasteiger partial charge in [-0.1, -0.05) is 0 Å². The van der Waals surface area contributed by atoms with Crippen LogP contribution in [0.2, 0.25) is 0 Å². The van der Waals surface area contributed by atoms with Crippen molar-refractivity contribution in [1.82, 2.24) is 0 Å². The summed E-state index contributed by atoms with van der Waals surface area (Å²) < 4.78 is 15.5. The van der Waals surface area contributed by atoms with E-state index in [-0.39, 0.29) is 0 Å². The van der Waals surface area contributed by atoms with Gasteiger partial charge in [0, 0.05) is 18.1 Å².